The molecule has 0 heterocycles. The van der Waals surface area contributed by atoms with E-state index < -0.39 is 5.97 Å². The number of carboxylic acid groups (broad SMARTS) is 1. The summed E-state index contributed by atoms with van der Waals surface area (Å²) in [6.45, 7) is 3.48. The Bertz CT molecular complexity index is 508. The van der Waals surface area contributed by atoms with Gasteiger partial charge in [-0.25, -0.2) is 4.79 Å². The molecule has 0 unspecified atom stereocenters. The normalized spacial score (nSPS) is 11.3. The zero-order valence-electron chi connectivity index (χ0n) is 13.9. The van der Waals surface area contributed by atoms with E-state index in [1.165, 1.54) is 0 Å². The van der Waals surface area contributed by atoms with Gasteiger partial charge in [0.05, 0.1) is 20.3 Å². The maximum atomic E-state index is 10.6. The van der Waals surface area contributed by atoms with Gasteiger partial charge in [0.2, 0.25) is 0 Å². The molecule has 0 saturated carbocycles. The first-order valence-electron chi connectivity index (χ1n) is 7.38. The molecule has 0 fully saturated rings. The van der Waals surface area contributed by atoms with Gasteiger partial charge in [-0.3, -0.25) is 4.90 Å². The molecule has 0 amide bonds. The van der Waals surface area contributed by atoms with Gasteiger partial charge in [-0.1, -0.05) is 6.07 Å². The summed E-state index contributed by atoms with van der Waals surface area (Å²) in [5, 5.41) is 8.74. The van der Waals surface area contributed by atoms with Gasteiger partial charge in [-0.05, 0) is 23.8 Å². The van der Waals surface area contributed by atoms with Crippen LogP contribution >= 0.6 is 0 Å². The molecule has 128 valence electrons. The third-order valence-electron chi connectivity index (χ3n) is 3.34. The fourth-order valence-electron chi connectivity index (χ4n) is 2.14. The minimum Gasteiger partial charge on any atom is -0.496 e. The largest absolute Gasteiger partial charge is 0.496 e. The van der Waals surface area contributed by atoms with E-state index in [0.29, 0.717) is 19.8 Å². The molecule has 1 N–H and O–H groups in total. The number of carbonyl (C=O) groups is 1. The van der Waals surface area contributed by atoms with Gasteiger partial charge in [0.15, 0.2) is 0 Å². The SMILES string of the molecule is COCCN(CCOC)Cc1cc(C=CC(=O)O)ccc1OC. The lowest BCUT2D eigenvalue weighted by atomic mass is 10.1. The van der Waals surface area contributed by atoms with Gasteiger partial charge in [-0.2, -0.15) is 0 Å². The molecule has 23 heavy (non-hydrogen) atoms. The third-order valence-corrected chi connectivity index (χ3v) is 3.34. The summed E-state index contributed by atoms with van der Waals surface area (Å²) < 4.78 is 15.7. The van der Waals surface area contributed by atoms with Crippen LogP contribution in [0.1, 0.15) is 11.1 Å². The Balaban J connectivity index is 2.91. The van der Waals surface area contributed by atoms with Crippen LogP contribution in [0.5, 0.6) is 5.75 Å². The fourth-order valence-corrected chi connectivity index (χ4v) is 2.14. The molecule has 6 heteroatoms. The summed E-state index contributed by atoms with van der Waals surface area (Å²) in [7, 11) is 4.97. The Labute approximate surface area is 137 Å². The maximum absolute atomic E-state index is 10.6. The number of rotatable bonds is 11. The van der Waals surface area contributed by atoms with Crippen LogP contribution in [-0.2, 0) is 20.8 Å². The smallest absolute Gasteiger partial charge is 0.328 e. The topological polar surface area (TPSA) is 68.2 Å². The van der Waals surface area contributed by atoms with Gasteiger partial charge < -0.3 is 19.3 Å². The Hall–Kier alpha value is -1.89. The summed E-state index contributed by atoms with van der Waals surface area (Å²) in [6, 6.07) is 5.61. The van der Waals surface area contributed by atoms with Gasteiger partial charge in [0, 0.05) is 45.5 Å². The molecule has 1 rings (SSSR count). The lowest BCUT2D eigenvalue weighted by molar-refractivity contribution is -0.131. The van der Waals surface area contributed by atoms with Gasteiger partial charge in [0.25, 0.3) is 0 Å². The lowest BCUT2D eigenvalue weighted by Crippen LogP contribution is -2.30. The van der Waals surface area contributed by atoms with Crippen molar-refractivity contribution in [1.82, 2.24) is 4.90 Å². The Morgan fingerprint density at radius 1 is 1.17 bits per heavy atom. The molecule has 0 aliphatic heterocycles. The minimum atomic E-state index is -0.968. The number of aliphatic carboxylic acids is 1. The second-order valence-electron chi connectivity index (χ2n) is 5.00. The molecule has 0 saturated heterocycles. The molecular weight excluding hydrogens is 298 g/mol. The number of hydrogen-bond acceptors (Lipinski definition) is 5. The minimum absolute atomic E-state index is 0.630. The van der Waals surface area contributed by atoms with Crippen LogP contribution in [0.4, 0.5) is 0 Å². The molecular formula is C17H25NO5. The van der Waals surface area contributed by atoms with E-state index in [0.717, 1.165) is 36.0 Å². The Morgan fingerprint density at radius 2 is 1.83 bits per heavy atom. The average Bonchev–Trinajstić information content (AvgIpc) is 2.55. The maximum Gasteiger partial charge on any atom is 0.328 e. The van der Waals surface area contributed by atoms with Crippen LogP contribution in [0.15, 0.2) is 24.3 Å². The number of benzene rings is 1. The van der Waals surface area contributed by atoms with Crippen LogP contribution in [0.25, 0.3) is 6.08 Å². The van der Waals surface area contributed by atoms with Gasteiger partial charge in [0.1, 0.15) is 5.75 Å². The fraction of sp³-hybridized carbons (Fsp3) is 0.471. The first-order valence-corrected chi connectivity index (χ1v) is 7.38. The average molecular weight is 323 g/mol. The zero-order valence-corrected chi connectivity index (χ0v) is 13.9. The zero-order chi connectivity index (χ0) is 17.1. The van der Waals surface area contributed by atoms with E-state index in [1.807, 2.05) is 18.2 Å². The number of carboxylic acids is 1. The molecule has 1 aromatic rings. The van der Waals surface area contributed by atoms with Crippen molar-refractivity contribution in [1.29, 1.82) is 0 Å². The van der Waals surface area contributed by atoms with Crippen molar-refractivity contribution in [3.8, 4) is 5.75 Å². The van der Waals surface area contributed by atoms with Crippen LogP contribution in [0.2, 0.25) is 0 Å². The quantitative estimate of drug-likeness (QED) is 0.627. The van der Waals surface area contributed by atoms with E-state index in [4.69, 9.17) is 19.3 Å². The van der Waals surface area contributed by atoms with E-state index in [9.17, 15) is 4.79 Å². The first kappa shape index (κ1) is 19.2. The summed E-state index contributed by atoms with van der Waals surface area (Å²) in [5.74, 6) is -0.193. The van der Waals surface area contributed by atoms with Crippen molar-refractivity contribution in [3.63, 3.8) is 0 Å². The highest BCUT2D eigenvalue weighted by atomic mass is 16.5. The van der Waals surface area contributed by atoms with Crippen LogP contribution in [0, 0.1) is 0 Å². The molecule has 0 aliphatic carbocycles. The third kappa shape index (κ3) is 7.27. The van der Waals surface area contributed by atoms with Crippen molar-refractivity contribution in [2.24, 2.45) is 0 Å². The first-order chi connectivity index (χ1) is 11.1. The predicted molar refractivity (Wildman–Crippen MR) is 88.7 cm³/mol. The summed E-state index contributed by atoms with van der Waals surface area (Å²) in [5.41, 5.74) is 1.81. The summed E-state index contributed by atoms with van der Waals surface area (Å²) in [6.07, 6.45) is 2.69. The van der Waals surface area contributed by atoms with Crippen molar-refractivity contribution in [3.05, 3.63) is 35.4 Å². The van der Waals surface area contributed by atoms with Crippen molar-refractivity contribution >= 4 is 12.0 Å². The predicted octanol–water partition coefficient (Wildman–Crippen LogP) is 1.89. The van der Waals surface area contributed by atoms with Gasteiger partial charge in [-0.15, -0.1) is 0 Å². The second kappa shape index (κ2) is 10.8. The van der Waals surface area contributed by atoms with Gasteiger partial charge >= 0.3 is 5.97 Å². The summed E-state index contributed by atoms with van der Waals surface area (Å²) in [4.78, 5) is 12.9. The molecule has 1 aromatic carbocycles. The Morgan fingerprint density at radius 3 is 2.35 bits per heavy atom. The number of ether oxygens (including phenoxy) is 3. The molecule has 0 spiro atoms. The van der Waals surface area contributed by atoms with Crippen LogP contribution < -0.4 is 4.74 Å². The van der Waals surface area contributed by atoms with E-state index in [2.05, 4.69) is 4.90 Å². The highest BCUT2D eigenvalue weighted by molar-refractivity contribution is 5.85. The van der Waals surface area contributed by atoms with E-state index >= 15 is 0 Å². The van der Waals surface area contributed by atoms with Crippen molar-refractivity contribution in [2.75, 3.05) is 47.6 Å². The van der Waals surface area contributed by atoms with E-state index in [-0.39, 0.29) is 0 Å². The molecule has 0 aromatic heterocycles. The molecule has 0 aliphatic rings. The lowest BCUT2D eigenvalue weighted by Gasteiger charge is -2.23. The monoisotopic (exact) mass is 323 g/mol. The molecule has 0 radical (unpaired) electrons. The van der Waals surface area contributed by atoms with Crippen LogP contribution in [-0.4, -0.2) is 63.6 Å². The number of methoxy groups -OCH3 is 3. The standard InChI is InChI=1S/C17H25NO5/c1-21-10-8-18(9-11-22-2)13-15-12-14(5-7-17(19)20)4-6-16(15)23-3/h4-7,12H,8-11,13H2,1-3H3,(H,19,20). The second-order valence-corrected chi connectivity index (χ2v) is 5.00. The molecule has 0 bridgehead atoms. The van der Waals surface area contributed by atoms with E-state index in [1.54, 1.807) is 27.4 Å². The summed E-state index contributed by atoms with van der Waals surface area (Å²) >= 11 is 0. The number of hydrogen-bond donors (Lipinski definition) is 1. The highest BCUT2D eigenvalue weighted by Gasteiger charge is 2.10. The Kier molecular flexibility index (Phi) is 8.97. The van der Waals surface area contributed by atoms with Crippen molar-refractivity contribution in [2.45, 2.75) is 6.54 Å². The molecule has 0 atom stereocenters. The number of nitrogens with zero attached hydrogens (tertiary/aromatic N) is 1. The highest BCUT2D eigenvalue weighted by Crippen LogP contribution is 2.22. The van der Waals surface area contributed by atoms with Crippen molar-refractivity contribution < 1.29 is 24.1 Å². The molecule has 6 nitrogen and oxygen atoms in total. The van der Waals surface area contributed by atoms with Crippen LogP contribution in [0.3, 0.4) is 0 Å².